The van der Waals surface area contributed by atoms with Gasteiger partial charge in [-0.2, -0.15) is 5.10 Å². The van der Waals surface area contributed by atoms with Crippen molar-refractivity contribution in [2.24, 2.45) is 0 Å². The highest BCUT2D eigenvalue weighted by atomic mass is 19.1. The summed E-state index contributed by atoms with van der Waals surface area (Å²) >= 11 is 0. The Balaban J connectivity index is 1.36. The minimum absolute atomic E-state index is 0.0946. The minimum Gasteiger partial charge on any atom is -0.307 e. The summed E-state index contributed by atoms with van der Waals surface area (Å²) < 4.78 is 28.9. The van der Waals surface area contributed by atoms with Gasteiger partial charge in [-0.3, -0.25) is 9.88 Å². The van der Waals surface area contributed by atoms with E-state index in [1.165, 1.54) is 17.7 Å². The fraction of sp³-hybridized carbons (Fsp3) is 0.391. The van der Waals surface area contributed by atoms with Crippen molar-refractivity contribution in [1.82, 2.24) is 25.0 Å². The van der Waals surface area contributed by atoms with Gasteiger partial charge in [0.1, 0.15) is 11.5 Å². The van der Waals surface area contributed by atoms with Gasteiger partial charge in [0.2, 0.25) is 0 Å². The number of nitrogens with zero attached hydrogens (tertiary/aromatic N) is 4. The minimum atomic E-state index is -0.616. The number of likely N-dealkylation sites (tertiary alicyclic amines) is 1. The Morgan fingerprint density at radius 2 is 1.97 bits per heavy atom. The zero-order valence-electron chi connectivity index (χ0n) is 17.4. The van der Waals surface area contributed by atoms with E-state index < -0.39 is 11.6 Å². The van der Waals surface area contributed by atoms with Crippen LogP contribution in [0.25, 0.3) is 5.69 Å². The molecule has 1 aromatic carbocycles. The Hall–Kier alpha value is -2.64. The van der Waals surface area contributed by atoms with E-state index in [1.807, 2.05) is 19.2 Å². The number of hydrogen-bond acceptors (Lipinski definition) is 4. The van der Waals surface area contributed by atoms with Crippen LogP contribution in [0.5, 0.6) is 0 Å². The van der Waals surface area contributed by atoms with E-state index >= 15 is 0 Å². The summed E-state index contributed by atoms with van der Waals surface area (Å²) in [5.74, 6) is -1.21. The molecule has 4 rings (SSSR count). The molecule has 3 aromatic rings. The lowest BCUT2D eigenvalue weighted by Crippen LogP contribution is -2.43. The number of aromatic nitrogens is 3. The van der Waals surface area contributed by atoms with Gasteiger partial charge < -0.3 is 5.32 Å². The van der Waals surface area contributed by atoms with Crippen molar-refractivity contribution in [1.29, 1.82) is 0 Å². The Kier molecular flexibility index (Phi) is 6.20. The molecule has 1 aliphatic heterocycles. The Morgan fingerprint density at radius 3 is 2.67 bits per heavy atom. The predicted octanol–water partition coefficient (Wildman–Crippen LogP) is 4.17. The first kappa shape index (κ1) is 20.6. The van der Waals surface area contributed by atoms with E-state index in [0.717, 1.165) is 49.8 Å². The van der Waals surface area contributed by atoms with Gasteiger partial charge >= 0.3 is 0 Å². The molecule has 2 aromatic heterocycles. The fourth-order valence-corrected chi connectivity index (χ4v) is 4.19. The maximum Gasteiger partial charge on any atom is 0.151 e. The zero-order chi connectivity index (χ0) is 21.1. The second kappa shape index (κ2) is 9.02. The largest absolute Gasteiger partial charge is 0.307 e. The van der Waals surface area contributed by atoms with Gasteiger partial charge in [-0.25, -0.2) is 13.5 Å². The summed E-state index contributed by atoms with van der Waals surface area (Å²) in [6.45, 7) is 7.04. The van der Waals surface area contributed by atoms with Gasteiger partial charge in [-0.1, -0.05) is 6.07 Å². The van der Waals surface area contributed by atoms with Gasteiger partial charge in [0, 0.05) is 48.3 Å². The normalized spacial score (nSPS) is 16.7. The summed E-state index contributed by atoms with van der Waals surface area (Å²) in [5.41, 5.74) is 3.38. The van der Waals surface area contributed by atoms with E-state index in [0.29, 0.717) is 6.04 Å². The van der Waals surface area contributed by atoms with Crippen molar-refractivity contribution in [3.63, 3.8) is 0 Å². The number of nitrogens with one attached hydrogen (secondary N) is 1. The molecule has 1 fully saturated rings. The van der Waals surface area contributed by atoms with Gasteiger partial charge in [0.05, 0.1) is 6.20 Å². The van der Waals surface area contributed by atoms with Gasteiger partial charge in [-0.05, 0) is 63.5 Å². The molecule has 1 saturated heterocycles. The Bertz CT molecular complexity index is 981. The van der Waals surface area contributed by atoms with Crippen molar-refractivity contribution < 1.29 is 8.78 Å². The van der Waals surface area contributed by atoms with E-state index in [1.54, 1.807) is 17.1 Å². The number of piperidine rings is 1. The molecule has 0 saturated carbocycles. The molecule has 30 heavy (non-hydrogen) atoms. The van der Waals surface area contributed by atoms with Crippen molar-refractivity contribution in [3.8, 4) is 5.69 Å². The van der Waals surface area contributed by atoms with Crippen LogP contribution in [-0.2, 0) is 6.54 Å². The summed E-state index contributed by atoms with van der Waals surface area (Å²) in [6.07, 6.45) is 7.65. The number of benzene rings is 1. The number of rotatable bonds is 6. The number of hydrogen-bond donors (Lipinski definition) is 1. The Morgan fingerprint density at radius 1 is 1.17 bits per heavy atom. The maximum atomic E-state index is 14.2. The second-order valence-corrected chi connectivity index (χ2v) is 7.99. The molecule has 0 bridgehead atoms. The van der Waals surface area contributed by atoms with Crippen LogP contribution in [-0.4, -0.2) is 38.8 Å². The molecule has 1 atom stereocenters. The van der Waals surface area contributed by atoms with Crippen LogP contribution in [0.3, 0.4) is 0 Å². The van der Waals surface area contributed by atoms with Crippen LogP contribution < -0.4 is 5.32 Å². The first-order valence-corrected chi connectivity index (χ1v) is 10.4. The fourth-order valence-electron chi connectivity index (χ4n) is 4.19. The predicted molar refractivity (Wildman–Crippen MR) is 112 cm³/mol. The summed E-state index contributed by atoms with van der Waals surface area (Å²) in [4.78, 5) is 6.65. The molecule has 0 unspecified atom stereocenters. The van der Waals surface area contributed by atoms with Crippen LogP contribution in [0.2, 0.25) is 0 Å². The lowest BCUT2D eigenvalue weighted by atomic mass is 10.0. The van der Waals surface area contributed by atoms with Crippen LogP contribution in [0.1, 0.15) is 42.6 Å². The standard InChI is InChI=1S/C23H27F2N5/c1-16(21-14-27-30(17(21)2)23-6-5-19(24)12-22(23)25)28-20-7-10-29(11-8-20)15-18-4-3-9-26-13-18/h3-6,9,12-14,16,20,28H,7-8,10-11,15H2,1-2H3/t16-/m1/s1. The third kappa shape index (κ3) is 4.57. The average Bonchev–Trinajstić information content (AvgIpc) is 3.11. The molecule has 7 heteroatoms. The van der Waals surface area contributed by atoms with Crippen LogP contribution in [0.4, 0.5) is 8.78 Å². The van der Waals surface area contributed by atoms with Crippen LogP contribution in [0.15, 0.2) is 48.9 Å². The van der Waals surface area contributed by atoms with Crippen molar-refractivity contribution >= 4 is 0 Å². The van der Waals surface area contributed by atoms with Crippen molar-refractivity contribution in [2.75, 3.05) is 13.1 Å². The van der Waals surface area contributed by atoms with Crippen molar-refractivity contribution in [3.05, 3.63) is 77.4 Å². The Labute approximate surface area is 175 Å². The molecule has 3 heterocycles. The highest BCUT2D eigenvalue weighted by Crippen LogP contribution is 2.24. The number of pyridine rings is 1. The highest BCUT2D eigenvalue weighted by Gasteiger charge is 2.23. The topological polar surface area (TPSA) is 46.0 Å². The van der Waals surface area contributed by atoms with Gasteiger partial charge in [-0.15, -0.1) is 0 Å². The smallest absolute Gasteiger partial charge is 0.151 e. The molecule has 0 aliphatic carbocycles. The SMILES string of the molecule is Cc1c([C@@H](C)NC2CCN(Cc3cccnc3)CC2)cnn1-c1ccc(F)cc1F. The van der Waals surface area contributed by atoms with Crippen molar-refractivity contribution in [2.45, 2.75) is 45.3 Å². The second-order valence-electron chi connectivity index (χ2n) is 7.99. The summed E-state index contributed by atoms with van der Waals surface area (Å²) in [7, 11) is 0. The van der Waals surface area contributed by atoms with Crippen LogP contribution >= 0.6 is 0 Å². The molecule has 1 N–H and O–H groups in total. The van der Waals surface area contributed by atoms with E-state index in [4.69, 9.17) is 0 Å². The van der Waals surface area contributed by atoms with Gasteiger partial charge in [0.25, 0.3) is 0 Å². The number of halogens is 2. The first-order valence-electron chi connectivity index (χ1n) is 10.4. The van der Waals surface area contributed by atoms with E-state index in [2.05, 4.69) is 33.3 Å². The molecular weight excluding hydrogens is 384 g/mol. The summed E-state index contributed by atoms with van der Waals surface area (Å²) in [6, 6.07) is 8.17. The molecule has 0 spiro atoms. The molecule has 5 nitrogen and oxygen atoms in total. The molecule has 1 aliphatic rings. The molecular formula is C23H27F2N5. The highest BCUT2D eigenvalue weighted by molar-refractivity contribution is 5.37. The molecule has 0 radical (unpaired) electrons. The summed E-state index contributed by atoms with van der Waals surface area (Å²) in [5, 5.41) is 8.05. The zero-order valence-corrected chi connectivity index (χ0v) is 17.4. The molecule has 0 amide bonds. The van der Waals surface area contributed by atoms with Crippen LogP contribution in [0, 0.1) is 18.6 Å². The first-order chi connectivity index (χ1) is 14.5. The van der Waals surface area contributed by atoms with E-state index in [-0.39, 0.29) is 11.7 Å². The lowest BCUT2D eigenvalue weighted by Gasteiger charge is -2.34. The van der Waals surface area contributed by atoms with Gasteiger partial charge in [0.15, 0.2) is 5.82 Å². The molecule has 158 valence electrons. The third-order valence-electron chi connectivity index (χ3n) is 5.85. The lowest BCUT2D eigenvalue weighted by molar-refractivity contribution is 0.185. The third-order valence-corrected chi connectivity index (χ3v) is 5.85. The maximum absolute atomic E-state index is 14.2. The van der Waals surface area contributed by atoms with E-state index in [9.17, 15) is 8.78 Å². The average molecular weight is 412 g/mol. The monoisotopic (exact) mass is 411 g/mol. The quantitative estimate of drug-likeness (QED) is 0.661.